The number of H-pyrrole nitrogens is 1. The van der Waals surface area contributed by atoms with Gasteiger partial charge in [-0.05, 0) is 38.3 Å². The van der Waals surface area contributed by atoms with Gasteiger partial charge in [-0.25, -0.2) is 4.98 Å². The summed E-state index contributed by atoms with van der Waals surface area (Å²) in [4.78, 5) is 16.8. The molecule has 3 aromatic rings. The minimum absolute atomic E-state index is 0.146. The lowest BCUT2D eigenvalue weighted by Crippen LogP contribution is -2.13. The van der Waals surface area contributed by atoms with Crippen LogP contribution in [0.4, 0.5) is 5.69 Å². The van der Waals surface area contributed by atoms with Crippen molar-refractivity contribution in [1.82, 2.24) is 15.2 Å². The summed E-state index contributed by atoms with van der Waals surface area (Å²) in [6, 6.07) is 5.75. The second-order valence-electron chi connectivity index (χ2n) is 4.63. The Morgan fingerprint density at radius 1 is 1.38 bits per heavy atom. The fourth-order valence-electron chi connectivity index (χ4n) is 2.15. The molecule has 108 valence electrons. The largest absolute Gasteiger partial charge is 0.322 e. The van der Waals surface area contributed by atoms with E-state index in [0.29, 0.717) is 11.3 Å². The normalized spacial score (nSPS) is 11.0. The third-order valence-electron chi connectivity index (χ3n) is 3.16. The van der Waals surface area contributed by atoms with Crippen LogP contribution in [0, 0.1) is 13.8 Å². The van der Waals surface area contributed by atoms with Crippen LogP contribution in [0.25, 0.3) is 10.2 Å². The number of carbonyl (C=O) groups excluding carboxylic acids is 1. The van der Waals surface area contributed by atoms with Crippen LogP contribution < -0.4 is 5.32 Å². The number of aryl methyl sites for hydroxylation is 2. The predicted octanol–water partition coefficient (Wildman–Crippen LogP) is 3.61. The van der Waals surface area contributed by atoms with Gasteiger partial charge in [0.05, 0.1) is 21.5 Å². The van der Waals surface area contributed by atoms with Crippen molar-refractivity contribution in [3.05, 3.63) is 35.2 Å². The van der Waals surface area contributed by atoms with Crippen molar-refractivity contribution in [3.8, 4) is 0 Å². The average molecular weight is 318 g/mol. The summed E-state index contributed by atoms with van der Waals surface area (Å²) in [6.45, 7) is 3.65. The molecule has 0 aliphatic carbocycles. The van der Waals surface area contributed by atoms with Gasteiger partial charge in [0.15, 0.2) is 4.34 Å². The van der Waals surface area contributed by atoms with Crippen molar-refractivity contribution in [2.75, 3.05) is 11.6 Å². The molecule has 21 heavy (non-hydrogen) atoms. The van der Waals surface area contributed by atoms with Crippen LogP contribution in [0.3, 0.4) is 0 Å². The number of nitrogens with zero attached hydrogens (tertiary/aromatic N) is 2. The van der Waals surface area contributed by atoms with E-state index in [4.69, 9.17) is 0 Å². The van der Waals surface area contributed by atoms with Gasteiger partial charge >= 0.3 is 0 Å². The van der Waals surface area contributed by atoms with E-state index in [-0.39, 0.29) is 5.91 Å². The number of rotatable bonds is 3. The van der Waals surface area contributed by atoms with E-state index >= 15 is 0 Å². The van der Waals surface area contributed by atoms with Crippen LogP contribution in [0.5, 0.6) is 0 Å². The highest BCUT2D eigenvalue weighted by Crippen LogP contribution is 2.30. The number of amides is 1. The summed E-state index contributed by atoms with van der Waals surface area (Å²) in [7, 11) is 0. The van der Waals surface area contributed by atoms with Crippen molar-refractivity contribution in [3.63, 3.8) is 0 Å². The van der Waals surface area contributed by atoms with Crippen molar-refractivity contribution in [2.45, 2.75) is 18.2 Å². The molecule has 0 unspecified atom stereocenters. The lowest BCUT2D eigenvalue weighted by molar-refractivity contribution is 0.102. The third kappa shape index (κ3) is 2.66. The second kappa shape index (κ2) is 5.50. The highest BCUT2D eigenvalue weighted by atomic mass is 32.2. The molecular formula is C14H14N4OS2. The van der Waals surface area contributed by atoms with Gasteiger partial charge < -0.3 is 5.32 Å². The predicted molar refractivity (Wildman–Crippen MR) is 87.4 cm³/mol. The molecule has 0 bridgehead atoms. The summed E-state index contributed by atoms with van der Waals surface area (Å²) >= 11 is 3.25. The Morgan fingerprint density at radius 3 is 2.86 bits per heavy atom. The number of anilines is 1. The number of aromatic nitrogens is 3. The van der Waals surface area contributed by atoms with Gasteiger partial charge in [0.25, 0.3) is 5.91 Å². The minimum atomic E-state index is -0.146. The quantitative estimate of drug-likeness (QED) is 0.724. The number of nitrogens with one attached hydrogen (secondary N) is 2. The van der Waals surface area contributed by atoms with Crippen LogP contribution >= 0.6 is 23.1 Å². The molecule has 1 amide bonds. The third-order valence-corrected chi connectivity index (χ3v) is 5.16. The number of thiazole rings is 1. The Kier molecular flexibility index (Phi) is 3.69. The van der Waals surface area contributed by atoms with Crippen molar-refractivity contribution in [1.29, 1.82) is 0 Å². The van der Waals surface area contributed by atoms with Gasteiger partial charge in [0.1, 0.15) is 0 Å². The molecule has 0 spiro atoms. The zero-order valence-electron chi connectivity index (χ0n) is 11.9. The van der Waals surface area contributed by atoms with Gasteiger partial charge in [-0.2, -0.15) is 5.10 Å². The maximum atomic E-state index is 12.3. The molecule has 0 fully saturated rings. The number of hydrogen-bond donors (Lipinski definition) is 2. The zero-order valence-corrected chi connectivity index (χ0v) is 13.5. The Labute approximate surface area is 130 Å². The molecule has 5 nitrogen and oxygen atoms in total. The zero-order chi connectivity index (χ0) is 15.0. The Morgan fingerprint density at radius 2 is 2.19 bits per heavy atom. The molecular weight excluding hydrogens is 304 g/mol. The molecule has 2 aromatic heterocycles. The van der Waals surface area contributed by atoms with Crippen LogP contribution in [-0.2, 0) is 0 Å². The number of fused-ring (bicyclic) bond motifs is 1. The summed E-state index contributed by atoms with van der Waals surface area (Å²) in [5.41, 5.74) is 3.80. The molecule has 2 heterocycles. The molecule has 3 rings (SSSR count). The first-order valence-electron chi connectivity index (χ1n) is 6.36. The molecule has 0 atom stereocenters. The Hall–Kier alpha value is -1.86. The molecule has 0 aliphatic heterocycles. The van der Waals surface area contributed by atoms with Crippen LogP contribution in [0.15, 0.2) is 22.5 Å². The van der Waals surface area contributed by atoms with Crippen molar-refractivity contribution < 1.29 is 4.79 Å². The molecule has 2 N–H and O–H groups in total. The highest BCUT2D eigenvalue weighted by molar-refractivity contribution is 8.00. The fourth-order valence-corrected chi connectivity index (χ4v) is 3.68. The molecule has 0 saturated heterocycles. The summed E-state index contributed by atoms with van der Waals surface area (Å²) < 4.78 is 2.09. The lowest BCUT2D eigenvalue weighted by atomic mass is 10.2. The van der Waals surface area contributed by atoms with Gasteiger partial charge in [-0.3, -0.25) is 9.89 Å². The smallest absolute Gasteiger partial charge is 0.259 e. The molecule has 0 aliphatic rings. The monoisotopic (exact) mass is 318 g/mol. The topological polar surface area (TPSA) is 70.7 Å². The lowest BCUT2D eigenvalue weighted by Gasteiger charge is -2.05. The number of hydrogen-bond acceptors (Lipinski definition) is 5. The summed E-state index contributed by atoms with van der Waals surface area (Å²) in [5.74, 6) is -0.146. The van der Waals surface area contributed by atoms with Gasteiger partial charge in [-0.1, -0.05) is 11.8 Å². The van der Waals surface area contributed by atoms with Crippen molar-refractivity contribution in [2.24, 2.45) is 0 Å². The van der Waals surface area contributed by atoms with E-state index < -0.39 is 0 Å². The van der Waals surface area contributed by atoms with E-state index in [0.717, 1.165) is 25.9 Å². The van der Waals surface area contributed by atoms with Gasteiger partial charge in [0.2, 0.25) is 0 Å². The molecule has 0 saturated carbocycles. The van der Waals surface area contributed by atoms with Gasteiger partial charge in [0, 0.05) is 11.4 Å². The highest BCUT2D eigenvalue weighted by Gasteiger charge is 2.15. The van der Waals surface area contributed by atoms with E-state index in [1.807, 2.05) is 38.3 Å². The Bertz CT molecular complexity index is 802. The number of carbonyl (C=O) groups is 1. The van der Waals surface area contributed by atoms with Crippen molar-refractivity contribution >= 4 is 44.9 Å². The van der Waals surface area contributed by atoms with Gasteiger partial charge in [-0.15, -0.1) is 11.3 Å². The molecule has 0 radical (unpaired) electrons. The first kappa shape index (κ1) is 14.1. The van der Waals surface area contributed by atoms with Crippen LogP contribution in [0.2, 0.25) is 0 Å². The number of thioether (sulfide) groups is 1. The minimum Gasteiger partial charge on any atom is -0.322 e. The van der Waals surface area contributed by atoms with Crippen LogP contribution in [0.1, 0.15) is 21.7 Å². The first-order valence-corrected chi connectivity index (χ1v) is 8.40. The SMILES string of the molecule is CSc1nc2ccc(NC(=O)c3c(C)n[nH]c3C)cc2s1. The Balaban J connectivity index is 1.89. The van der Waals surface area contributed by atoms with E-state index in [1.54, 1.807) is 23.1 Å². The first-order chi connectivity index (χ1) is 10.1. The maximum Gasteiger partial charge on any atom is 0.259 e. The standard InChI is InChI=1S/C14H14N4OS2/c1-7-12(8(2)18-17-7)13(19)15-9-4-5-10-11(6-9)21-14(16-10)20-3/h4-6H,1-3H3,(H,15,19)(H,17,18). The summed E-state index contributed by atoms with van der Waals surface area (Å²) in [5, 5.41) is 9.79. The molecule has 7 heteroatoms. The maximum absolute atomic E-state index is 12.3. The van der Waals surface area contributed by atoms with Crippen LogP contribution in [-0.4, -0.2) is 27.3 Å². The second-order valence-corrected chi connectivity index (χ2v) is 6.71. The fraction of sp³-hybridized carbons (Fsp3) is 0.214. The number of aromatic amines is 1. The average Bonchev–Trinajstić information content (AvgIpc) is 3.01. The molecule has 1 aromatic carbocycles. The van der Waals surface area contributed by atoms with E-state index in [9.17, 15) is 4.79 Å². The summed E-state index contributed by atoms with van der Waals surface area (Å²) in [6.07, 6.45) is 2.00. The van der Waals surface area contributed by atoms with E-state index in [1.165, 1.54) is 0 Å². The van der Waals surface area contributed by atoms with E-state index in [2.05, 4.69) is 20.5 Å². The number of benzene rings is 1.